The maximum absolute atomic E-state index is 12.3. The van der Waals surface area contributed by atoms with Crippen LogP contribution in [0.1, 0.15) is 12.5 Å². The summed E-state index contributed by atoms with van der Waals surface area (Å²) < 4.78 is 11.1. The Bertz CT molecular complexity index is 730. The van der Waals surface area contributed by atoms with Crippen LogP contribution in [0.2, 0.25) is 5.02 Å². The van der Waals surface area contributed by atoms with E-state index in [-0.39, 0.29) is 5.91 Å². The van der Waals surface area contributed by atoms with E-state index in [2.05, 4.69) is 11.9 Å². The van der Waals surface area contributed by atoms with E-state index >= 15 is 0 Å². The van der Waals surface area contributed by atoms with Crippen LogP contribution in [0.25, 0.3) is 0 Å². The number of anilines is 1. The predicted octanol–water partition coefficient (Wildman–Crippen LogP) is 4.62. The van der Waals surface area contributed by atoms with Crippen molar-refractivity contribution >= 4 is 23.2 Å². The largest absolute Gasteiger partial charge is 0.489 e. The summed E-state index contributed by atoms with van der Waals surface area (Å²) in [5.41, 5.74) is 1.54. The van der Waals surface area contributed by atoms with Crippen LogP contribution in [0.15, 0.2) is 55.1 Å². The van der Waals surface area contributed by atoms with E-state index < -0.39 is 6.10 Å². The zero-order valence-corrected chi connectivity index (χ0v) is 14.5. The molecule has 0 radical (unpaired) electrons. The number of carbonyl (C=O) groups excluding carboxylic acids is 1. The number of amides is 1. The molecule has 0 spiro atoms. The lowest BCUT2D eigenvalue weighted by Crippen LogP contribution is -2.30. The molecular formula is C19H20ClNO3. The molecule has 5 heteroatoms. The fraction of sp³-hybridized carbons (Fsp3) is 0.211. The Balaban J connectivity index is 1.98. The van der Waals surface area contributed by atoms with Crippen molar-refractivity contribution < 1.29 is 14.3 Å². The summed E-state index contributed by atoms with van der Waals surface area (Å²) in [4.78, 5) is 12.3. The fourth-order valence-corrected chi connectivity index (χ4v) is 2.13. The highest BCUT2D eigenvalue weighted by Gasteiger charge is 2.15. The first-order valence-electron chi connectivity index (χ1n) is 7.57. The minimum Gasteiger partial charge on any atom is -0.489 e. The fourth-order valence-electron chi connectivity index (χ4n) is 2.01. The van der Waals surface area contributed by atoms with Gasteiger partial charge in [-0.2, -0.15) is 0 Å². The molecule has 1 atom stereocenters. The summed E-state index contributed by atoms with van der Waals surface area (Å²) in [6.45, 7) is 7.59. The zero-order chi connectivity index (χ0) is 17.5. The summed E-state index contributed by atoms with van der Waals surface area (Å²) in [6, 6.07) is 12.5. The van der Waals surface area contributed by atoms with Gasteiger partial charge in [0.2, 0.25) is 0 Å². The molecule has 0 aromatic heterocycles. The Hall–Kier alpha value is -2.46. The standard InChI is InChI=1S/C19H20ClNO3/c1-4-10-23-16-7-5-6-15(12-16)21-19(22)14(3)24-17-8-9-18(20)13(2)11-17/h4-9,11-12,14H,1,10H2,2-3H3,(H,21,22)/t14-/m0/s1. The smallest absolute Gasteiger partial charge is 0.265 e. The van der Waals surface area contributed by atoms with Gasteiger partial charge in [0.15, 0.2) is 6.10 Å². The van der Waals surface area contributed by atoms with E-state index in [1.165, 1.54) is 0 Å². The molecule has 0 fully saturated rings. The monoisotopic (exact) mass is 345 g/mol. The SMILES string of the molecule is C=CCOc1cccc(NC(=O)[C@H](C)Oc2ccc(Cl)c(C)c2)c1. The van der Waals surface area contributed by atoms with E-state index in [0.29, 0.717) is 28.8 Å². The minimum atomic E-state index is -0.650. The van der Waals surface area contributed by atoms with Crippen molar-refractivity contribution in [1.29, 1.82) is 0 Å². The predicted molar refractivity (Wildman–Crippen MR) is 97.0 cm³/mol. The number of hydrogen-bond donors (Lipinski definition) is 1. The zero-order valence-electron chi connectivity index (χ0n) is 13.7. The Morgan fingerprint density at radius 1 is 1.29 bits per heavy atom. The second-order valence-corrected chi connectivity index (χ2v) is 5.70. The molecule has 0 aliphatic rings. The molecule has 0 saturated heterocycles. The van der Waals surface area contributed by atoms with Crippen molar-refractivity contribution in [2.75, 3.05) is 11.9 Å². The second kappa shape index (κ2) is 8.41. The van der Waals surface area contributed by atoms with Crippen LogP contribution in [-0.4, -0.2) is 18.6 Å². The lowest BCUT2D eigenvalue weighted by molar-refractivity contribution is -0.122. The number of hydrogen-bond acceptors (Lipinski definition) is 3. The Labute approximate surface area is 147 Å². The van der Waals surface area contributed by atoms with E-state index in [1.807, 2.05) is 19.1 Å². The van der Waals surface area contributed by atoms with Gasteiger partial charge >= 0.3 is 0 Å². The van der Waals surface area contributed by atoms with Gasteiger partial charge in [-0.15, -0.1) is 0 Å². The van der Waals surface area contributed by atoms with Gasteiger partial charge < -0.3 is 14.8 Å². The van der Waals surface area contributed by atoms with E-state index in [9.17, 15) is 4.79 Å². The third kappa shape index (κ3) is 5.03. The van der Waals surface area contributed by atoms with Gasteiger partial charge in [0.1, 0.15) is 18.1 Å². The minimum absolute atomic E-state index is 0.247. The molecule has 24 heavy (non-hydrogen) atoms. The first-order chi connectivity index (χ1) is 11.5. The Morgan fingerprint density at radius 3 is 2.79 bits per heavy atom. The lowest BCUT2D eigenvalue weighted by atomic mass is 10.2. The summed E-state index contributed by atoms with van der Waals surface area (Å²) in [7, 11) is 0. The van der Waals surface area contributed by atoms with Crippen LogP contribution < -0.4 is 14.8 Å². The van der Waals surface area contributed by atoms with E-state index in [1.54, 1.807) is 43.3 Å². The number of rotatable bonds is 7. The van der Waals surface area contributed by atoms with Crippen molar-refractivity contribution in [2.45, 2.75) is 20.0 Å². The highest BCUT2D eigenvalue weighted by molar-refractivity contribution is 6.31. The quantitative estimate of drug-likeness (QED) is 0.745. The molecule has 2 aromatic carbocycles. The van der Waals surface area contributed by atoms with Crippen LogP contribution in [-0.2, 0) is 4.79 Å². The molecule has 0 heterocycles. The second-order valence-electron chi connectivity index (χ2n) is 5.29. The first kappa shape index (κ1) is 17.9. The van der Waals surface area contributed by atoms with E-state index in [0.717, 1.165) is 5.56 Å². The highest BCUT2D eigenvalue weighted by Crippen LogP contribution is 2.22. The van der Waals surface area contributed by atoms with Gasteiger partial charge in [0, 0.05) is 16.8 Å². The van der Waals surface area contributed by atoms with Crippen molar-refractivity contribution in [3.8, 4) is 11.5 Å². The van der Waals surface area contributed by atoms with Crippen LogP contribution in [0.3, 0.4) is 0 Å². The summed E-state index contributed by atoms with van der Waals surface area (Å²) >= 11 is 5.99. The summed E-state index contributed by atoms with van der Waals surface area (Å²) in [5, 5.41) is 3.47. The molecule has 0 unspecified atom stereocenters. The van der Waals surface area contributed by atoms with Crippen LogP contribution in [0.4, 0.5) is 5.69 Å². The molecule has 2 rings (SSSR count). The number of ether oxygens (including phenoxy) is 2. The lowest BCUT2D eigenvalue weighted by Gasteiger charge is -2.16. The normalized spacial score (nSPS) is 11.5. The highest BCUT2D eigenvalue weighted by atomic mass is 35.5. The molecule has 0 bridgehead atoms. The first-order valence-corrected chi connectivity index (χ1v) is 7.95. The van der Waals surface area contributed by atoms with Crippen LogP contribution in [0, 0.1) is 6.92 Å². The summed E-state index contributed by atoms with van der Waals surface area (Å²) in [6.07, 6.45) is 1.01. The van der Waals surface area contributed by atoms with Crippen LogP contribution in [0.5, 0.6) is 11.5 Å². The molecule has 0 aliphatic heterocycles. The number of benzene rings is 2. The van der Waals surface area contributed by atoms with Gasteiger partial charge in [-0.25, -0.2) is 0 Å². The third-order valence-electron chi connectivity index (χ3n) is 3.28. The molecule has 1 N–H and O–H groups in total. The van der Waals surface area contributed by atoms with Crippen molar-refractivity contribution in [1.82, 2.24) is 0 Å². The van der Waals surface area contributed by atoms with Crippen molar-refractivity contribution in [3.63, 3.8) is 0 Å². The van der Waals surface area contributed by atoms with Gasteiger partial charge in [0.25, 0.3) is 5.91 Å². The number of nitrogens with one attached hydrogen (secondary N) is 1. The van der Waals surface area contributed by atoms with Crippen molar-refractivity contribution in [2.24, 2.45) is 0 Å². The molecular weight excluding hydrogens is 326 g/mol. The number of aryl methyl sites for hydroxylation is 1. The molecule has 126 valence electrons. The van der Waals surface area contributed by atoms with E-state index in [4.69, 9.17) is 21.1 Å². The van der Waals surface area contributed by atoms with Gasteiger partial charge in [-0.1, -0.05) is 30.3 Å². The summed E-state index contributed by atoms with van der Waals surface area (Å²) in [5.74, 6) is 1.01. The van der Waals surface area contributed by atoms with Gasteiger partial charge in [-0.05, 0) is 49.7 Å². The number of halogens is 1. The maximum Gasteiger partial charge on any atom is 0.265 e. The maximum atomic E-state index is 12.3. The van der Waals surface area contributed by atoms with Crippen molar-refractivity contribution in [3.05, 3.63) is 65.7 Å². The molecule has 1 amide bonds. The molecule has 2 aromatic rings. The molecule has 0 saturated carbocycles. The van der Waals surface area contributed by atoms with Crippen LogP contribution >= 0.6 is 11.6 Å². The third-order valence-corrected chi connectivity index (χ3v) is 3.70. The number of carbonyl (C=O) groups is 1. The molecule has 0 aliphatic carbocycles. The average Bonchev–Trinajstić information content (AvgIpc) is 2.56. The Morgan fingerprint density at radius 2 is 2.08 bits per heavy atom. The average molecular weight is 346 g/mol. The molecule has 4 nitrogen and oxygen atoms in total. The van der Waals surface area contributed by atoms with Gasteiger partial charge in [-0.3, -0.25) is 4.79 Å². The Kier molecular flexibility index (Phi) is 6.27. The van der Waals surface area contributed by atoms with Gasteiger partial charge in [0.05, 0.1) is 0 Å². The topological polar surface area (TPSA) is 47.6 Å².